The van der Waals surface area contributed by atoms with Gasteiger partial charge in [-0.05, 0) is 72.6 Å². The SMILES string of the molecule is COc1cc2c(cc1C1=C(CN3C(=O)OCC3(C)c3cc(C(F)(F)F)cc(C(F)(F)F)c3)CC(C)(C)CC1)OCO2. The summed E-state index contributed by atoms with van der Waals surface area (Å²) in [6, 6.07) is 4.89. The van der Waals surface area contributed by atoms with Crippen molar-refractivity contribution in [1.82, 2.24) is 4.90 Å². The minimum atomic E-state index is -5.03. The third-order valence-electron chi connectivity index (χ3n) is 8.04. The van der Waals surface area contributed by atoms with E-state index >= 15 is 0 Å². The van der Waals surface area contributed by atoms with E-state index < -0.39 is 41.7 Å². The van der Waals surface area contributed by atoms with Gasteiger partial charge in [0.15, 0.2) is 11.5 Å². The molecule has 6 nitrogen and oxygen atoms in total. The Morgan fingerprint density at radius 1 is 0.902 bits per heavy atom. The Kier molecular flexibility index (Phi) is 6.89. The second kappa shape index (κ2) is 9.77. The summed E-state index contributed by atoms with van der Waals surface area (Å²) in [5.74, 6) is 1.55. The number of benzene rings is 2. The summed E-state index contributed by atoms with van der Waals surface area (Å²) in [6.07, 6.45) is -8.96. The fourth-order valence-corrected chi connectivity index (χ4v) is 5.71. The molecule has 2 aliphatic heterocycles. The molecule has 1 unspecified atom stereocenters. The second-order valence-electron chi connectivity index (χ2n) is 11.5. The number of allylic oxidation sites excluding steroid dienone is 1. The van der Waals surface area contributed by atoms with Crippen molar-refractivity contribution < 1.29 is 50.1 Å². The molecule has 0 radical (unpaired) electrons. The van der Waals surface area contributed by atoms with Crippen LogP contribution in [0.15, 0.2) is 35.9 Å². The Balaban J connectivity index is 1.62. The lowest BCUT2D eigenvalue weighted by Crippen LogP contribution is -2.44. The van der Waals surface area contributed by atoms with Crippen molar-refractivity contribution in [3.63, 3.8) is 0 Å². The summed E-state index contributed by atoms with van der Waals surface area (Å²) in [6.45, 7) is 5.11. The summed E-state index contributed by atoms with van der Waals surface area (Å²) < 4.78 is 104. The summed E-state index contributed by atoms with van der Waals surface area (Å²) in [7, 11) is 1.51. The molecule has 1 atom stereocenters. The van der Waals surface area contributed by atoms with Gasteiger partial charge in [0.2, 0.25) is 6.79 Å². The number of nitrogens with zero attached hydrogens (tertiary/aromatic N) is 1. The number of cyclic esters (lactones) is 1. The third-order valence-corrected chi connectivity index (χ3v) is 8.04. The van der Waals surface area contributed by atoms with E-state index in [9.17, 15) is 31.1 Å². The van der Waals surface area contributed by atoms with Gasteiger partial charge >= 0.3 is 18.4 Å². The van der Waals surface area contributed by atoms with Gasteiger partial charge in [0, 0.05) is 18.2 Å². The maximum atomic E-state index is 13.7. The number of hydrogen-bond donors (Lipinski definition) is 0. The molecule has 41 heavy (non-hydrogen) atoms. The quantitative estimate of drug-likeness (QED) is 0.336. The minimum absolute atomic E-state index is 0.0513. The standard InChI is InChI=1S/C29H29F6NO5/c1-26(2)6-5-20(21-10-23-24(41-15-40-23)11-22(21)38-4)16(12-26)13-36-25(37)39-14-27(36,3)17-7-18(28(30,31)32)9-19(8-17)29(33,34)35/h7-11H,5-6,12-15H2,1-4H3. The van der Waals surface area contributed by atoms with Gasteiger partial charge in [0.25, 0.3) is 0 Å². The van der Waals surface area contributed by atoms with Gasteiger partial charge in [0.05, 0.1) is 18.2 Å². The highest BCUT2D eigenvalue weighted by molar-refractivity contribution is 5.78. The van der Waals surface area contributed by atoms with Gasteiger partial charge in [-0.3, -0.25) is 4.90 Å². The van der Waals surface area contributed by atoms with Gasteiger partial charge in [-0.2, -0.15) is 26.3 Å². The Morgan fingerprint density at radius 3 is 2.10 bits per heavy atom. The molecule has 0 saturated carbocycles. The smallest absolute Gasteiger partial charge is 0.416 e. The lowest BCUT2D eigenvalue weighted by molar-refractivity contribution is -0.143. The van der Waals surface area contributed by atoms with Crippen molar-refractivity contribution in [2.45, 2.75) is 57.9 Å². The number of methoxy groups -OCH3 is 1. The van der Waals surface area contributed by atoms with Gasteiger partial charge in [-0.25, -0.2) is 4.79 Å². The van der Waals surface area contributed by atoms with E-state index in [1.165, 1.54) is 18.9 Å². The summed E-state index contributed by atoms with van der Waals surface area (Å²) in [5.41, 5.74) is -2.62. The van der Waals surface area contributed by atoms with Crippen LogP contribution in [0, 0.1) is 5.41 Å². The van der Waals surface area contributed by atoms with Crippen molar-refractivity contribution in [2.24, 2.45) is 5.41 Å². The molecule has 1 fully saturated rings. The van der Waals surface area contributed by atoms with Gasteiger partial charge in [0.1, 0.15) is 17.9 Å². The van der Waals surface area contributed by atoms with Crippen LogP contribution >= 0.6 is 0 Å². The Bertz CT molecular complexity index is 1380. The predicted molar refractivity (Wildman–Crippen MR) is 136 cm³/mol. The maximum Gasteiger partial charge on any atom is 0.416 e. The molecule has 0 bridgehead atoms. The normalized spacial score (nSPS) is 22.3. The van der Waals surface area contributed by atoms with E-state index in [4.69, 9.17) is 18.9 Å². The third kappa shape index (κ3) is 5.40. The average molecular weight is 586 g/mol. The molecule has 3 aliphatic rings. The monoisotopic (exact) mass is 585 g/mol. The number of alkyl halides is 6. The number of halogens is 6. The van der Waals surface area contributed by atoms with E-state index in [-0.39, 0.29) is 30.4 Å². The van der Waals surface area contributed by atoms with Crippen LogP contribution < -0.4 is 14.2 Å². The first-order chi connectivity index (χ1) is 19.0. The number of amides is 1. The number of hydrogen-bond acceptors (Lipinski definition) is 5. The zero-order valence-corrected chi connectivity index (χ0v) is 22.9. The number of carbonyl (C=O) groups is 1. The first-order valence-corrected chi connectivity index (χ1v) is 13.0. The molecule has 222 valence electrons. The summed E-state index contributed by atoms with van der Waals surface area (Å²) in [5, 5.41) is 0. The molecule has 2 aromatic carbocycles. The van der Waals surface area contributed by atoms with Crippen molar-refractivity contribution in [1.29, 1.82) is 0 Å². The van der Waals surface area contributed by atoms with Crippen molar-refractivity contribution in [3.8, 4) is 17.2 Å². The Morgan fingerprint density at radius 2 is 1.51 bits per heavy atom. The van der Waals surface area contributed by atoms with E-state index in [0.717, 1.165) is 23.1 Å². The number of carbonyl (C=O) groups excluding carboxylic acids is 1. The predicted octanol–water partition coefficient (Wildman–Crippen LogP) is 7.79. The van der Waals surface area contributed by atoms with Crippen LogP contribution in [-0.2, 0) is 22.6 Å². The van der Waals surface area contributed by atoms with Crippen LogP contribution in [0.5, 0.6) is 17.2 Å². The molecule has 5 rings (SSSR count). The largest absolute Gasteiger partial charge is 0.496 e. The van der Waals surface area contributed by atoms with E-state index in [0.29, 0.717) is 42.2 Å². The van der Waals surface area contributed by atoms with Crippen LogP contribution in [0.25, 0.3) is 5.57 Å². The molecule has 2 aromatic rings. The van der Waals surface area contributed by atoms with Gasteiger partial charge < -0.3 is 18.9 Å². The Labute approximate surface area is 232 Å². The van der Waals surface area contributed by atoms with Gasteiger partial charge in [-0.1, -0.05) is 13.8 Å². The topological polar surface area (TPSA) is 57.2 Å². The molecule has 12 heteroatoms. The summed E-state index contributed by atoms with van der Waals surface area (Å²) >= 11 is 0. The zero-order valence-electron chi connectivity index (χ0n) is 22.9. The first-order valence-electron chi connectivity index (χ1n) is 13.0. The van der Waals surface area contributed by atoms with Gasteiger partial charge in [-0.15, -0.1) is 0 Å². The van der Waals surface area contributed by atoms with Crippen LogP contribution in [-0.4, -0.2) is 38.0 Å². The fraction of sp³-hybridized carbons (Fsp3) is 0.483. The molecule has 0 spiro atoms. The highest BCUT2D eigenvalue weighted by Crippen LogP contribution is 2.49. The molecule has 1 amide bonds. The molecule has 1 aliphatic carbocycles. The fourth-order valence-electron chi connectivity index (χ4n) is 5.71. The maximum absolute atomic E-state index is 13.7. The van der Waals surface area contributed by atoms with E-state index in [1.807, 2.05) is 0 Å². The van der Waals surface area contributed by atoms with Crippen LogP contribution in [0.1, 0.15) is 62.3 Å². The highest BCUT2D eigenvalue weighted by Gasteiger charge is 2.48. The van der Waals surface area contributed by atoms with Crippen molar-refractivity contribution >= 4 is 11.7 Å². The molecular weight excluding hydrogens is 556 g/mol. The molecular formula is C29H29F6NO5. The highest BCUT2D eigenvalue weighted by atomic mass is 19.4. The second-order valence-corrected chi connectivity index (χ2v) is 11.5. The lowest BCUT2D eigenvalue weighted by Gasteiger charge is -2.39. The molecule has 2 heterocycles. The van der Waals surface area contributed by atoms with Crippen LogP contribution in [0.3, 0.4) is 0 Å². The van der Waals surface area contributed by atoms with E-state index in [1.54, 1.807) is 12.1 Å². The van der Waals surface area contributed by atoms with Crippen LogP contribution in [0.2, 0.25) is 0 Å². The first kappa shape index (κ1) is 28.9. The number of rotatable bonds is 5. The molecule has 0 N–H and O–H groups in total. The van der Waals surface area contributed by atoms with Crippen LogP contribution in [0.4, 0.5) is 31.1 Å². The van der Waals surface area contributed by atoms with Crippen molar-refractivity contribution in [2.75, 3.05) is 27.1 Å². The summed E-state index contributed by atoms with van der Waals surface area (Å²) in [4.78, 5) is 14.3. The number of ether oxygens (including phenoxy) is 4. The van der Waals surface area contributed by atoms with E-state index in [2.05, 4.69) is 13.8 Å². The Hall–Kier alpha value is -3.57. The number of fused-ring (bicyclic) bond motifs is 1. The lowest BCUT2D eigenvalue weighted by atomic mass is 9.72. The minimum Gasteiger partial charge on any atom is -0.496 e. The molecule has 1 saturated heterocycles. The average Bonchev–Trinajstić information content (AvgIpc) is 3.46. The van der Waals surface area contributed by atoms with Crippen molar-refractivity contribution in [3.05, 3.63) is 58.2 Å². The molecule has 0 aromatic heterocycles. The zero-order chi connectivity index (χ0) is 30.0.